The number of carbonyl (C=O) groups is 1. The molecule has 2 heterocycles. The minimum absolute atomic E-state index is 0.167. The van der Waals surface area contributed by atoms with Gasteiger partial charge in [0.15, 0.2) is 5.78 Å². The number of rotatable bonds is 5. The van der Waals surface area contributed by atoms with Crippen LogP contribution in [0, 0.1) is 0 Å². The first-order valence-electron chi connectivity index (χ1n) is 5.18. The van der Waals surface area contributed by atoms with Gasteiger partial charge in [-0.3, -0.25) is 4.79 Å². The molecule has 0 atom stereocenters. The van der Waals surface area contributed by atoms with Crippen molar-refractivity contribution in [1.29, 1.82) is 0 Å². The van der Waals surface area contributed by atoms with E-state index in [2.05, 4.69) is 15.7 Å². The van der Waals surface area contributed by atoms with Gasteiger partial charge < -0.3 is 0 Å². The number of nitrogens with zero attached hydrogens (tertiary/aromatic N) is 2. The number of hydrogen-bond donors (Lipinski definition) is 0. The Hall–Kier alpha value is -1.07. The lowest BCUT2D eigenvalue weighted by Crippen LogP contribution is -2.01. The van der Waals surface area contributed by atoms with Crippen molar-refractivity contribution in [3.05, 3.63) is 33.0 Å². The summed E-state index contributed by atoms with van der Waals surface area (Å²) in [7, 11) is 0. The second kappa shape index (κ2) is 5.32. The molecule has 0 bridgehead atoms. The fourth-order valence-electron chi connectivity index (χ4n) is 1.46. The second-order valence-corrected chi connectivity index (χ2v) is 5.19. The SMILES string of the molecule is CCc1nnsc1C(=O)CCc1cccs1. The molecule has 16 heavy (non-hydrogen) atoms. The van der Waals surface area contributed by atoms with Gasteiger partial charge >= 0.3 is 0 Å². The molecule has 0 amide bonds. The fraction of sp³-hybridized carbons (Fsp3) is 0.364. The van der Waals surface area contributed by atoms with Crippen LogP contribution in [0.15, 0.2) is 17.5 Å². The smallest absolute Gasteiger partial charge is 0.176 e. The number of hydrogen-bond acceptors (Lipinski definition) is 5. The lowest BCUT2D eigenvalue weighted by atomic mass is 10.1. The molecule has 0 aromatic carbocycles. The molecule has 0 aliphatic carbocycles. The number of carbonyl (C=O) groups excluding carboxylic acids is 1. The van der Waals surface area contributed by atoms with Gasteiger partial charge in [0.05, 0.1) is 5.69 Å². The zero-order valence-electron chi connectivity index (χ0n) is 8.97. The van der Waals surface area contributed by atoms with Crippen LogP contribution in [-0.2, 0) is 12.8 Å². The van der Waals surface area contributed by atoms with Crippen LogP contribution in [0.5, 0.6) is 0 Å². The van der Waals surface area contributed by atoms with Crippen molar-refractivity contribution < 1.29 is 4.79 Å². The fourth-order valence-corrected chi connectivity index (χ4v) is 2.88. The van der Waals surface area contributed by atoms with Crippen molar-refractivity contribution in [2.24, 2.45) is 0 Å². The molecule has 0 spiro atoms. The molecule has 5 heteroatoms. The van der Waals surface area contributed by atoms with Gasteiger partial charge in [0.1, 0.15) is 4.88 Å². The average Bonchev–Trinajstić information content (AvgIpc) is 2.96. The molecule has 0 fully saturated rings. The summed E-state index contributed by atoms with van der Waals surface area (Å²) in [5.74, 6) is 0.167. The van der Waals surface area contributed by atoms with Gasteiger partial charge in [0, 0.05) is 11.3 Å². The summed E-state index contributed by atoms with van der Waals surface area (Å²) in [4.78, 5) is 13.9. The Kier molecular flexibility index (Phi) is 3.79. The molecule has 84 valence electrons. The number of thiophene rings is 1. The Morgan fingerprint density at radius 3 is 3.06 bits per heavy atom. The molecule has 0 aliphatic heterocycles. The zero-order chi connectivity index (χ0) is 11.4. The molecule has 0 saturated heterocycles. The summed E-state index contributed by atoms with van der Waals surface area (Å²) in [6.45, 7) is 1.99. The standard InChI is InChI=1S/C11H12N2OS2/c1-2-9-11(16-13-12-9)10(14)6-5-8-4-3-7-15-8/h3-4,7H,2,5-6H2,1H3. The van der Waals surface area contributed by atoms with Gasteiger partial charge in [-0.1, -0.05) is 17.5 Å². The summed E-state index contributed by atoms with van der Waals surface area (Å²) in [5, 5.41) is 5.98. The normalized spacial score (nSPS) is 10.6. The van der Waals surface area contributed by atoms with E-state index in [4.69, 9.17) is 0 Å². The first kappa shape index (κ1) is 11.4. The van der Waals surface area contributed by atoms with Crippen LogP contribution in [0.2, 0.25) is 0 Å². The van der Waals surface area contributed by atoms with Crippen molar-refractivity contribution in [3.8, 4) is 0 Å². The minimum atomic E-state index is 0.167. The van der Waals surface area contributed by atoms with E-state index in [0.29, 0.717) is 6.42 Å². The van der Waals surface area contributed by atoms with Crippen LogP contribution in [0.1, 0.15) is 33.6 Å². The van der Waals surface area contributed by atoms with E-state index in [1.165, 1.54) is 16.4 Å². The molecular weight excluding hydrogens is 240 g/mol. The molecule has 0 radical (unpaired) electrons. The molecule has 0 N–H and O–H groups in total. The summed E-state index contributed by atoms with van der Waals surface area (Å²) in [6, 6.07) is 4.07. The van der Waals surface area contributed by atoms with Crippen LogP contribution in [0.3, 0.4) is 0 Å². The van der Waals surface area contributed by atoms with E-state index < -0.39 is 0 Å². The van der Waals surface area contributed by atoms with E-state index >= 15 is 0 Å². The molecular formula is C11H12N2OS2. The van der Waals surface area contributed by atoms with Gasteiger partial charge in [-0.25, -0.2) is 0 Å². The third-order valence-corrected chi connectivity index (χ3v) is 4.07. The Labute approximate surface area is 102 Å². The topological polar surface area (TPSA) is 42.9 Å². The maximum atomic E-state index is 11.9. The molecule has 0 saturated carbocycles. The van der Waals surface area contributed by atoms with Crippen molar-refractivity contribution in [1.82, 2.24) is 9.59 Å². The number of aryl methyl sites for hydroxylation is 2. The maximum absolute atomic E-state index is 11.9. The lowest BCUT2D eigenvalue weighted by molar-refractivity contribution is 0.0986. The summed E-state index contributed by atoms with van der Waals surface area (Å²) in [6.07, 6.45) is 2.14. The van der Waals surface area contributed by atoms with Crippen molar-refractivity contribution in [2.45, 2.75) is 26.2 Å². The quantitative estimate of drug-likeness (QED) is 0.768. The highest BCUT2D eigenvalue weighted by atomic mass is 32.1. The van der Waals surface area contributed by atoms with Crippen molar-refractivity contribution in [2.75, 3.05) is 0 Å². The first-order chi connectivity index (χ1) is 7.81. The van der Waals surface area contributed by atoms with Crippen LogP contribution in [0.4, 0.5) is 0 Å². The Balaban J connectivity index is 1.98. The third-order valence-electron chi connectivity index (χ3n) is 2.32. The van der Waals surface area contributed by atoms with Gasteiger partial charge in [-0.05, 0) is 35.8 Å². The van der Waals surface area contributed by atoms with Gasteiger partial charge in [0.2, 0.25) is 0 Å². The Morgan fingerprint density at radius 2 is 2.38 bits per heavy atom. The van der Waals surface area contributed by atoms with Gasteiger partial charge in [-0.2, -0.15) is 0 Å². The summed E-state index contributed by atoms with van der Waals surface area (Å²) in [5.41, 5.74) is 0.834. The predicted octanol–water partition coefficient (Wildman–Crippen LogP) is 2.98. The highest BCUT2D eigenvalue weighted by Gasteiger charge is 2.14. The molecule has 3 nitrogen and oxygen atoms in total. The second-order valence-electron chi connectivity index (χ2n) is 3.40. The number of aromatic nitrogens is 2. The largest absolute Gasteiger partial charge is 0.293 e. The van der Waals surface area contributed by atoms with E-state index in [1.54, 1.807) is 11.3 Å². The number of Topliss-reactive ketones (excluding diaryl/α,β-unsaturated/α-hetero) is 1. The van der Waals surface area contributed by atoms with Gasteiger partial charge in [0.25, 0.3) is 0 Å². The number of ketones is 1. The molecule has 2 aromatic rings. The predicted molar refractivity (Wildman–Crippen MR) is 66.3 cm³/mol. The Morgan fingerprint density at radius 1 is 1.50 bits per heavy atom. The van der Waals surface area contributed by atoms with Crippen molar-refractivity contribution >= 4 is 28.7 Å². The highest BCUT2D eigenvalue weighted by Crippen LogP contribution is 2.17. The minimum Gasteiger partial charge on any atom is -0.293 e. The van der Waals surface area contributed by atoms with E-state index in [0.717, 1.165) is 23.4 Å². The molecule has 0 aliphatic rings. The molecule has 2 rings (SSSR count). The molecule has 2 aromatic heterocycles. The zero-order valence-corrected chi connectivity index (χ0v) is 10.6. The monoisotopic (exact) mass is 252 g/mol. The van der Waals surface area contributed by atoms with E-state index in [1.807, 2.05) is 18.4 Å². The average molecular weight is 252 g/mol. The maximum Gasteiger partial charge on any atom is 0.176 e. The molecule has 0 unspecified atom stereocenters. The van der Waals surface area contributed by atoms with Crippen molar-refractivity contribution in [3.63, 3.8) is 0 Å². The summed E-state index contributed by atoms with van der Waals surface area (Å²) >= 11 is 2.90. The van der Waals surface area contributed by atoms with Crippen LogP contribution < -0.4 is 0 Å². The van der Waals surface area contributed by atoms with E-state index in [-0.39, 0.29) is 5.78 Å². The first-order valence-corrected chi connectivity index (χ1v) is 6.83. The third kappa shape index (κ3) is 2.54. The van der Waals surface area contributed by atoms with E-state index in [9.17, 15) is 4.79 Å². The Bertz CT molecular complexity index is 462. The highest BCUT2D eigenvalue weighted by molar-refractivity contribution is 7.10. The van der Waals surface area contributed by atoms with Crippen LogP contribution >= 0.6 is 22.9 Å². The van der Waals surface area contributed by atoms with Crippen LogP contribution in [-0.4, -0.2) is 15.4 Å². The van der Waals surface area contributed by atoms with Gasteiger partial charge in [-0.15, -0.1) is 16.4 Å². The van der Waals surface area contributed by atoms with Crippen LogP contribution in [0.25, 0.3) is 0 Å². The lowest BCUT2D eigenvalue weighted by Gasteiger charge is -1.97. The summed E-state index contributed by atoms with van der Waals surface area (Å²) < 4.78 is 3.83.